The number of furan rings is 1. The Hall–Kier alpha value is -4.13. The second kappa shape index (κ2) is 10.1. The molecule has 0 unspecified atom stereocenters. The van der Waals surface area contributed by atoms with E-state index in [1.165, 1.54) is 18.2 Å². The summed E-state index contributed by atoms with van der Waals surface area (Å²) in [6.45, 7) is 1.62. The second-order valence-corrected chi connectivity index (χ2v) is 6.40. The van der Waals surface area contributed by atoms with Gasteiger partial charge in [-0.3, -0.25) is 4.79 Å². The number of rotatable bonds is 9. The first-order valence-corrected chi connectivity index (χ1v) is 9.50. The Labute approximate surface area is 178 Å². The van der Waals surface area contributed by atoms with Crippen molar-refractivity contribution in [1.82, 2.24) is 0 Å². The molecule has 7 heteroatoms. The van der Waals surface area contributed by atoms with Crippen LogP contribution < -0.4 is 4.74 Å². The maximum Gasteiger partial charge on any atom is 0.341 e. The van der Waals surface area contributed by atoms with Gasteiger partial charge in [-0.15, -0.1) is 0 Å². The normalized spacial score (nSPS) is 10.7. The van der Waals surface area contributed by atoms with E-state index in [1.807, 2.05) is 0 Å². The molecule has 0 spiro atoms. The molecule has 3 aromatic rings. The van der Waals surface area contributed by atoms with Crippen LogP contribution in [0.1, 0.15) is 33.4 Å². The van der Waals surface area contributed by atoms with E-state index in [9.17, 15) is 14.4 Å². The fourth-order valence-corrected chi connectivity index (χ4v) is 2.70. The maximum atomic E-state index is 12.3. The molecule has 0 aliphatic heterocycles. The Morgan fingerprint density at radius 2 is 1.61 bits per heavy atom. The molecule has 0 aliphatic carbocycles. The molecule has 0 saturated carbocycles. The number of esters is 1. The second-order valence-electron chi connectivity index (χ2n) is 6.40. The third-order valence-corrected chi connectivity index (χ3v) is 4.21. The molecule has 0 atom stereocenters. The molecule has 0 radical (unpaired) electrons. The Morgan fingerprint density at radius 1 is 0.935 bits per heavy atom. The van der Waals surface area contributed by atoms with Crippen LogP contribution >= 0.6 is 0 Å². The fraction of sp³-hybridized carbons (Fsp3) is 0.125. The minimum absolute atomic E-state index is 0.235. The van der Waals surface area contributed by atoms with Gasteiger partial charge in [-0.25, -0.2) is 9.59 Å². The van der Waals surface area contributed by atoms with Gasteiger partial charge < -0.3 is 19.0 Å². The molecule has 0 bridgehead atoms. The highest BCUT2D eigenvalue weighted by molar-refractivity contribution is 6.06. The van der Waals surface area contributed by atoms with Gasteiger partial charge in [-0.05, 0) is 67.6 Å². The van der Waals surface area contributed by atoms with Crippen LogP contribution in [0.3, 0.4) is 0 Å². The first-order valence-electron chi connectivity index (χ1n) is 9.50. The first-order chi connectivity index (χ1) is 15.0. The summed E-state index contributed by atoms with van der Waals surface area (Å²) in [6, 6.07) is 16.6. The quantitative estimate of drug-likeness (QED) is 0.309. The number of ether oxygens (including phenoxy) is 2. The average Bonchev–Trinajstić information content (AvgIpc) is 3.26. The summed E-state index contributed by atoms with van der Waals surface area (Å²) in [5, 5.41) is 8.61. The molecule has 1 heterocycles. The zero-order valence-electron chi connectivity index (χ0n) is 16.7. The third kappa shape index (κ3) is 5.93. The molecular weight excluding hydrogens is 400 g/mol. The summed E-state index contributed by atoms with van der Waals surface area (Å²) in [5.41, 5.74) is 1.68. The number of aliphatic carboxylic acids is 1. The van der Waals surface area contributed by atoms with Crippen LogP contribution in [0.2, 0.25) is 0 Å². The van der Waals surface area contributed by atoms with Gasteiger partial charge in [-0.1, -0.05) is 12.1 Å². The molecule has 1 aromatic heterocycles. The summed E-state index contributed by atoms with van der Waals surface area (Å²) < 4.78 is 15.7. The average molecular weight is 420 g/mol. The van der Waals surface area contributed by atoms with E-state index in [1.54, 1.807) is 61.5 Å². The predicted molar refractivity (Wildman–Crippen MR) is 113 cm³/mol. The van der Waals surface area contributed by atoms with Crippen molar-refractivity contribution in [3.63, 3.8) is 0 Å². The zero-order chi connectivity index (χ0) is 22.2. The topological polar surface area (TPSA) is 103 Å². The number of carbonyl (C=O) groups is 3. The van der Waals surface area contributed by atoms with E-state index < -0.39 is 12.6 Å². The number of hydrogen-bond donors (Lipinski definition) is 1. The lowest BCUT2D eigenvalue weighted by Crippen LogP contribution is -2.09. The van der Waals surface area contributed by atoms with Gasteiger partial charge in [0.2, 0.25) is 0 Å². The van der Waals surface area contributed by atoms with Crippen LogP contribution in [-0.2, 0) is 9.53 Å². The largest absolute Gasteiger partial charge is 0.482 e. The van der Waals surface area contributed by atoms with Crippen molar-refractivity contribution in [2.45, 2.75) is 6.92 Å². The summed E-state index contributed by atoms with van der Waals surface area (Å²) >= 11 is 0. The minimum Gasteiger partial charge on any atom is -0.482 e. The smallest absolute Gasteiger partial charge is 0.341 e. The van der Waals surface area contributed by atoms with Crippen LogP contribution in [0, 0.1) is 0 Å². The molecule has 0 amide bonds. The SMILES string of the molecule is CCOC(=O)c1ccc(-c2ccc(C=CC(=O)c3ccc(OCC(=O)O)cc3)o2)cc1. The van der Waals surface area contributed by atoms with Gasteiger partial charge in [0.05, 0.1) is 12.2 Å². The van der Waals surface area contributed by atoms with Crippen molar-refractivity contribution in [3.8, 4) is 17.1 Å². The molecule has 0 fully saturated rings. The summed E-state index contributed by atoms with van der Waals surface area (Å²) in [5.74, 6) is -0.219. The fourth-order valence-electron chi connectivity index (χ4n) is 2.70. The first kappa shape index (κ1) is 21.6. The molecule has 7 nitrogen and oxygen atoms in total. The van der Waals surface area contributed by atoms with Crippen LogP contribution in [0.25, 0.3) is 17.4 Å². The van der Waals surface area contributed by atoms with E-state index in [4.69, 9.17) is 19.0 Å². The Kier molecular flexibility index (Phi) is 7.01. The highest BCUT2D eigenvalue weighted by atomic mass is 16.5. The Bertz CT molecular complexity index is 1090. The van der Waals surface area contributed by atoms with Crippen molar-refractivity contribution in [2.24, 2.45) is 0 Å². The molecular formula is C24H20O7. The number of allylic oxidation sites excluding steroid dienone is 1. The van der Waals surface area contributed by atoms with Gasteiger partial charge in [0.1, 0.15) is 17.3 Å². The maximum absolute atomic E-state index is 12.3. The van der Waals surface area contributed by atoms with Crippen molar-refractivity contribution in [2.75, 3.05) is 13.2 Å². The van der Waals surface area contributed by atoms with Gasteiger partial charge in [0.15, 0.2) is 12.4 Å². The third-order valence-electron chi connectivity index (χ3n) is 4.21. The predicted octanol–water partition coefficient (Wildman–Crippen LogP) is 4.48. The van der Waals surface area contributed by atoms with Crippen LogP contribution in [0.15, 0.2) is 71.2 Å². The van der Waals surface area contributed by atoms with Gasteiger partial charge >= 0.3 is 11.9 Å². The Balaban J connectivity index is 1.63. The molecule has 0 saturated heterocycles. The lowest BCUT2D eigenvalue weighted by atomic mass is 10.1. The van der Waals surface area contributed by atoms with Gasteiger partial charge in [0, 0.05) is 11.1 Å². The number of carboxylic acids is 1. The summed E-state index contributed by atoms with van der Waals surface area (Å²) in [6.07, 6.45) is 2.95. The molecule has 3 rings (SSSR count). The van der Waals surface area contributed by atoms with Crippen molar-refractivity contribution in [1.29, 1.82) is 0 Å². The number of ketones is 1. The summed E-state index contributed by atoms with van der Waals surface area (Å²) in [4.78, 5) is 34.6. The molecule has 2 aromatic carbocycles. The van der Waals surface area contributed by atoms with Crippen LogP contribution in [0.4, 0.5) is 0 Å². The van der Waals surface area contributed by atoms with Crippen LogP contribution in [0.5, 0.6) is 5.75 Å². The number of benzene rings is 2. The lowest BCUT2D eigenvalue weighted by Gasteiger charge is -2.03. The Morgan fingerprint density at radius 3 is 2.26 bits per heavy atom. The van der Waals surface area contributed by atoms with Gasteiger partial charge in [-0.2, -0.15) is 0 Å². The number of hydrogen-bond acceptors (Lipinski definition) is 6. The molecule has 158 valence electrons. The highest BCUT2D eigenvalue weighted by Gasteiger charge is 2.09. The van der Waals surface area contributed by atoms with Crippen LogP contribution in [-0.4, -0.2) is 36.0 Å². The van der Waals surface area contributed by atoms with Crippen molar-refractivity contribution < 1.29 is 33.4 Å². The molecule has 31 heavy (non-hydrogen) atoms. The number of carbonyl (C=O) groups excluding carboxylic acids is 2. The minimum atomic E-state index is -1.07. The lowest BCUT2D eigenvalue weighted by molar-refractivity contribution is -0.139. The van der Waals surface area contributed by atoms with E-state index >= 15 is 0 Å². The zero-order valence-corrected chi connectivity index (χ0v) is 16.7. The van der Waals surface area contributed by atoms with Crippen molar-refractivity contribution >= 4 is 23.8 Å². The highest BCUT2D eigenvalue weighted by Crippen LogP contribution is 2.24. The van der Waals surface area contributed by atoms with E-state index in [-0.39, 0.29) is 11.8 Å². The van der Waals surface area contributed by atoms with Crippen molar-refractivity contribution in [3.05, 3.63) is 83.6 Å². The van der Waals surface area contributed by atoms with E-state index in [2.05, 4.69) is 0 Å². The van der Waals surface area contributed by atoms with Gasteiger partial charge in [0.25, 0.3) is 0 Å². The van der Waals surface area contributed by atoms with E-state index in [0.717, 1.165) is 5.56 Å². The molecule has 0 aliphatic rings. The number of carboxylic acid groups (broad SMARTS) is 1. The molecule has 1 N–H and O–H groups in total. The summed E-state index contributed by atoms with van der Waals surface area (Å²) in [7, 11) is 0. The standard InChI is InChI=1S/C24H20O7/c1-2-29-24(28)18-5-3-17(4-6-18)22-14-12-20(31-22)11-13-21(25)16-7-9-19(10-8-16)30-15-23(26)27/h3-14H,2,15H2,1H3,(H,26,27). The monoisotopic (exact) mass is 420 g/mol. The van der Waals surface area contributed by atoms with E-state index in [0.29, 0.717) is 35.0 Å².